The summed E-state index contributed by atoms with van der Waals surface area (Å²) in [5.41, 5.74) is 0.603. The van der Waals surface area contributed by atoms with Crippen LogP contribution in [0.4, 0.5) is 0 Å². The van der Waals surface area contributed by atoms with Gasteiger partial charge >= 0.3 is 0 Å². The number of furan rings is 1. The maximum absolute atomic E-state index is 5.74. The Morgan fingerprint density at radius 3 is 2.62 bits per heavy atom. The second-order valence-corrected chi connectivity index (χ2v) is 7.99. The Morgan fingerprint density at radius 1 is 1.23 bits per heavy atom. The first-order chi connectivity index (χ1) is 12.3. The van der Waals surface area contributed by atoms with Crippen molar-refractivity contribution in [3.63, 3.8) is 0 Å². The summed E-state index contributed by atoms with van der Waals surface area (Å²) in [5.74, 6) is 2.15. The van der Waals surface area contributed by atoms with Gasteiger partial charge in [-0.25, -0.2) is 0 Å². The van der Waals surface area contributed by atoms with Gasteiger partial charge in [-0.05, 0) is 69.7 Å². The van der Waals surface area contributed by atoms with E-state index in [0.717, 1.165) is 44.4 Å². The molecule has 1 saturated carbocycles. The van der Waals surface area contributed by atoms with Gasteiger partial charge in [0.25, 0.3) is 0 Å². The Morgan fingerprint density at radius 2 is 2.04 bits per heavy atom. The molecule has 0 bridgehead atoms. The third-order valence-corrected chi connectivity index (χ3v) is 6.35. The molecule has 0 aromatic carbocycles. The Balaban J connectivity index is 0.00000196. The van der Waals surface area contributed by atoms with E-state index in [1.807, 2.05) is 6.07 Å². The molecule has 2 aliphatic heterocycles. The second-order valence-electron chi connectivity index (χ2n) is 7.99. The number of rotatable bonds is 5. The molecule has 1 spiro atoms. The van der Waals surface area contributed by atoms with Gasteiger partial charge in [0.05, 0.1) is 18.8 Å². The molecule has 1 aromatic rings. The van der Waals surface area contributed by atoms with Crippen molar-refractivity contribution in [1.29, 1.82) is 0 Å². The van der Waals surface area contributed by atoms with E-state index in [9.17, 15) is 0 Å². The molecule has 0 radical (unpaired) electrons. The summed E-state index contributed by atoms with van der Waals surface area (Å²) in [6.45, 7) is 8.52. The maximum Gasteiger partial charge on any atom is 0.194 e. The van der Waals surface area contributed by atoms with Gasteiger partial charge in [0.2, 0.25) is 0 Å². The zero-order chi connectivity index (χ0) is 17.1. The summed E-state index contributed by atoms with van der Waals surface area (Å²) in [7, 11) is 0. The molecular formula is C20H33IN4O. The zero-order valence-corrected chi connectivity index (χ0v) is 18.3. The second kappa shape index (κ2) is 8.95. The molecule has 5 nitrogen and oxygen atoms in total. The Hall–Kier alpha value is -0.760. The third-order valence-electron chi connectivity index (χ3n) is 6.35. The van der Waals surface area contributed by atoms with Gasteiger partial charge in [-0.1, -0.05) is 6.42 Å². The molecule has 1 aromatic heterocycles. The van der Waals surface area contributed by atoms with E-state index in [0.29, 0.717) is 5.41 Å². The van der Waals surface area contributed by atoms with Crippen molar-refractivity contribution in [3.05, 3.63) is 24.2 Å². The molecular weight excluding hydrogens is 439 g/mol. The minimum atomic E-state index is 0. The molecule has 4 rings (SSSR count). The highest BCUT2D eigenvalue weighted by molar-refractivity contribution is 14.0. The van der Waals surface area contributed by atoms with Crippen LogP contribution < -0.4 is 5.32 Å². The molecule has 146 valence electrons. The van der Waals surface area contributed by atoms with E-state index in [4.69, 9.17) is 9.41 Å². The topological polar surface area (TPSA) is 44.0 Å². The van der Waals surface area contributed by atoms with Crippen molar-refractivity contribution >= 4 is 29.9 Å². The molecule has 6 heteroatoms. The summed E-state index contributed by atoms with van der Waals surface area (Å²) >= 11 is 0. The van der Waals surface area contributed by atoms with Gasteiger partial charge in [0.1, 0.15) is 5.76 Å². The number of aliphatic imine (C=N–C) groups is 1. The number of guanidine groups is 1. The number of hydrogen-bond acceptors (Lipinski definition) is 3. The predicted octanol–water partition coefficient (Wildman–Crippen LogP) is 3.88. The van der Waals surface area contributed by atoms with Gasteiger partial charge in [-0.2, -0.15) is 0 Å². The van der Waals surface area contributed by atoms with Crippen molar-refractivity contribution in [2.24, 2.45) is 10.4 Å². The Kier molecular flexibility index (Phi) is 6.88. The van der Waals surface area contributed by atoms with Crippen LogP contribution in [0.25, 0.3) is 0 Å². The monoisotopic (exact) mass is 472 g/mol. The Bertz CT molecular complexity index is 579. The normalized spacial score (nSPS) is 23.7. The van der Waals surface area contributed by atoms with Crippen LogP contribution in [0.15, 0.2) is 27.8 Å². The summed E-state index contributed by atoms with van der Waals surface area (Å²) in [5, 5.41) is 3.53. The van der Waals surface area contributed by atoms with Crippen molar-refractivity contribution in [3.8, 4) is 0 Å². The van der Waals surface area contributed by atoms with Crippen LogP contribution >= 0.6 is 24.0 Å². The summed E-state index contributed by atoms with van der Waals surface area (Å²) in [4.78, 5) is 10.1. The van der Waals surface area contributed by atoms with Crippen LogP contribution in [0.1, 0.15) is 57.3 Å². The quantitative estimate of drug-likeness (QED) is 0.402. The molecule has 2 saturated heterocycles. The van der Waals surface area contributed by atoms with E-state index < -0.39 is 0 Å². The third kappa shape index (κ3) is 4.21. The van der Waals surface area contributed by atoms with Crippen LogP contribution in [0.5, 0.6) is 0 Å². The average Bonchev–Trinajstić information content (AvgIpc) is 3.34. The number of likely N-dealkylation sites (tertiary alicyclic amines) is 2. The highest BCUT2D eigenvalue weighted by Gasteiger charge is 2.43. The van der Waals surface area contributed by atoms with Gasteiger partial charge in [-0.15, -0.1) is 24.0 Å². The van der Waals surface area contributed by atoms with E-state index in [2.05, 4.69) is 28.1 Å². The SMILES string of the molecule is CCNC(=NCC(c1ccco1)N1CCCC1)N1CCC2(CCC2)C1.I. The molecule has 1 unspecified atom stereocenters. The standard InChI is InChI=1S/C20H32N4O.HI/c1-2-21-19(24-13-10-20(16-24)8-6-9-20)22-15-17(18-7-5-14-25-18)23-11-3-4-12-23;/h5,7,14,17H,2-4,6,8-13,15-16H2,1H3,(H,21,22);1H. The lowest BCUT2D eigenvalue weighted by atomic mass is 9.68. The summed E-state index contributed by atoms with van der Waals surface area (Å²) < 4.78 is 5.74. The smallest absolute Gasteiger partial charge is 0.194 e. The van der Waals surface area contributed by atoms with E-state index >= 15 is 0 Å². The van der Waals surface area contributed by atoms with E-state index in [1.54, 1.807) is 6.26 Å². The highest BCUT2D eigenvalue weighted by atomic mass is 127. The van der Waals surface area contributed by atoms with Crippen molar-refractivity contribution in [2.75, 3.05) is 39.3 Å². The van der Waals surface area contributed by atoms with Gasteiger partial charge in [0.15, 0.2) is 5.96 Å². The summed E-state index contributed by atoms with van der Waals surface area (Å²) in [6.07, 6.45) is 9.93. The van der Waals surface area contributed by atoms with Crippen molar-refractivity contribution in [1.82, 2.24) is 15.1 Å². The fourth-order valence-electron chi connectivity index (χ4n) is 4.72. The van der Waals surface area contributed by atoms with Crippen LogP contribution in [0.3, 0.4) is 0 Å². The highest BCUT2D eigenvalue weighted by Crippen LogP contribution is 2.47. The lowest BCUT2D eigenvalue weighted by Crippen LogP contribution is -2.43. The molecule has 3 fully saturated rings. The molecule has 0 amide bonds. The van der Waals surface area contributed by atoms with Crippen LogP contribution in [-0.2, 0) is 0 Å². The minimum Gasteiger partial charge on any atom is -0.468 e. The number of halogens is 1. The van der Waals surface area contributed by atoms with Gasteiger partial charge in [0, 0.05) is 19.6 Å². The minimum absolute atomic E-state index is 0. The number of hydrogen-bond donors (Lipinski definition) is 1. The largest absolute Gasteiger partial charge is 0.468 e. The van der Waals surface area contributed by atoms with E-state index in [-0.39, 0.29) is 30.0 Å². The summed E-state index contributed by atoms with van der Waals surface area (Å²) in [6, 6.07) is 4.37. The molecule has 26 heavy (non-hydrogen) atoms. The van der Waals surface area contributed by atoms with Crippen molar-refractivity contribution < 1.29 is 4.42 Å². The van der Waals surface area contributed by atoms with Gasteiger partial charge < -0.3 is 14.6 Å². The zero-order valence-electron chi connectivity index (χ0n) is 16.0. The van der Waals surface area contributed by atoms with Crippen LogP contribution in [0, 0.1) is 5.41 Å². The van der Waals surface area contributed by atoms with Crippen LogP contribution in [0.2, 0.25) is 0 Å². The average molecular weight is 472 g/mol. The first-order valence-corrected chi connectivity index (χ1v) is 10.1. The molecule has 3 aliphatic rings. The fourth-order valence-corrected chi connectivity index (χ4v) is 4.72. The molecule has 1 atom stereocenters. The first kappa shape index (κ1) is 20.0. The fraction of sp³-hybridized carbons (Fsp3) is 0.750. The maximum atomic E-state index is 5.74. The van der Waals surface area contributed by atoms with Gasteiger partial charge in [-0.3, -0.25) is 9.89 Å². The lowest BCUT2D eigenvalue weighted by Gasteiger charge is -2.38. The molecule has 1 N–H and O–H groups in total. The molecule has 1 aliphatic carbocycles. The van der Waals surface area contributed by atoms with E-state index in [1.165, 1.54) is 45.1 Å². The Labute approximate surface area is 174 Å². The number of nitrogens with one attached hydrogen (secondary N) is 1. The lowest BCUT2D eigenvalue weighted by molar-refractivity contribution is 0.151. The first-order valence-electron chi connectivity index (χ1n) is 10.1. The molecule has 3 heterocycles. The predicted molar refractivity (Wildman–Crippen MR) is 116 cm³/mol. The van der Waals surface area contributed by atoms with Crippen molar-refractivity contribution in [2.45, 2.75) is 51.5 Å². The number of nitrogens with zero attached hydrogens (tertiary/aromatic N) is 3. The van der Waals surface area contributed by atoms with Crippen LogP contribution in [-0.4, -0.2) is 55.0 Å².